The fraction of sp³-hybridized carbons (Fsp3) is 0.240. The summed E-state index contributed by atoms with van der Waals surface area (Å²) in [5, 5.41) is 8.02. The van der Waals surface area contributed by atoms with Crippen LogP contribution >= 0.6 is 11.6 Å². The maximum Gasteiger partial charge on any atom is 0.246 e. The van der Waals surface area contributed by atoms with Crippen molar-refractivity contribution in [2.45, 2.75) is 19.4 Å². The summed E-state index contributed by atoms with van der Waals surface area (Å²) in [4.78, 5) is 26.8. The van der Waals surface area contributed by atoms with E-state index in [1.807, 2.05) is 66.9 Å². The number of aromatic nitrogens is 2. The number of benzene rings is 2. The molecule has 1 fully saturated rings. The number of hydrogen-bond donors (Lipinski definition) is 1. The molecule has 1 N–H and O–H groups in total. The van der Waals surface area contributed by atoms with E-state index in [2.05, 4.69) is 10.4 Å². The van der Waals surface area contributed by atoms with Crippen LogP contribution in [0.5, 0.6) is 0 Å². The van der Waals surface area contributed by atoms with Crippen molar-refractivity contribution in [1.82, 2.24) is 20.0 Å². The third-order valence-corrected chi connectivity index (χ3v) is 5.84. The Morgan fingerprint density at radius 3 is 2.50 bits per heavy atom. The van der Waals surface area contributed by atoms with E-state index in [1.54, 1.807) is 21.9 Å². The normalized spacial score (nSPS) is 14.6. The number of amides is 2. The molecule has 0 aliphatic carbocycles. The highest BCUT2D eigenvalue weighted by Crippen LogP contribution is 2.18. The second-order valence-corrected chi connectivity index (χ2v) is 8.27. The van der Waals surface area contributed by atoms with E-state index in [4.69, 9.17) is 11.6 Å². The number of rotatable bonds is 6. The fourth-order valence-corrected chi connectivity index (χ4v) is 3.85. The van der Waals surface area contributed by atoms with E-state index in [0.29, 0.717) is 37.5 Å². The van der Waals surface area contributed by atoms with E-state index < -0.39 is 0 Å². The molecule has 1 saturated heterocycles. The molecule has 3 aromatic rings. The molecule has 164 valence electrons. The Morgan fingerprint density at radius 1 is 1.06 bits per heavy atom. The average Bonchev–Trinajstić information content (AvgIpc) is 3.31. The molecule has 7 heteroatoms. The maximum atomic E-state index is 12.6. The van der Waals surface area contributed by atoms with Crippen LogP contribution in [0.1, 0.15) is 24.0 Å². The molecule has 0 atom stereocenters. The van der Waals surface area contributed by atoms with Crippen molar-refractivity contribution < 1.29 is 9.59 Å². The number of nitrogens with one attached hydrogen (secondary N) is 1. The highest BCUT2D eigenvalue weighted by molar-refractivity contribution is 6.30. The van der Waals surface area contributed by atoms with Crippen molar-refractivity contribution in [3.63, 3.8) is 0 Å². The number of piperidine rings is 1. The van der Waals surface area contributed by atoms with Crippen LogP contribution in [0.25, 0.3) is 11.8 Å². The Bertz CT molecular complexity index is 1080. The predicted octanol–water partition coefficient (Wildman–Crippen LogP) is 4.09. The van der Waals surface area contributed by atoms with Crippen LogP contribution in [0, 0.1) is 5.92 Å². The van der Waals surface area contributed by atoms with Gasteiger partial charge in [-0.15, -0.1) is 0 Å². The molecule has 2 aromatic carbocycles. The van der Waals surface area contributed by atoms with Gasteiger partial charge >= 0.3 is 0 Å². The summed E-state index contributed by atoms with van der Waals surface area (Å²) >= 11 is 5.93. The van der Waals surface area contributed by atoms with Crippen molar-refractivity contribution in [1.29, 1.82) is 0 Å². The quantitative estimate of drug-likeness (QED) is 0.577. The molecule has 2 amide bonds. The molecule has 0 spiro atoms. The molecular formula is C25H25ClN4O2. The maximum absolute atomic E-state index is 12.6. The molecule has 0 saturated carbocycles. The van der Waals surface area contributed by atoms with Gasteiger partial charge in [-0.3, -0.25) is 9.59 Å². The second-order valence-electron chi connectivity index (χ2n) is 7.83. The lowest BCUT2D eigenvalue weighted by Crippen LogP contribution is -2.42. The van der Waals surface area contributed by atoms with Gasteiger partial charge in [0.05, 0.1) is 11.9 Å². The summed E-state index contributed by atoms with van der Waals surface area (Å²) in [7, 11) is 0. The van der Waals surface area contributed by atoms with E-state index >= 15 is 0 Å². The Kier molecular flexibility index (Phi) is 7.02. The summed E-state index contributed by atoms with van der Waals surface area (Å²) < 4.78 is 1.75. The molecule has 0 bridgehead atoms. The Balaban J connectivity index is 1.23. The van der Waals surface area contributed by atoms with E-state index in [1.165, 1.54) is 0 Å². The molecule has 1 aromatic heterocycles. The van der Waals surface area contributed by atoms with E-state index in [9.17, 15) is 9.59 Å². The minimum atomic E-state index is -0.0801. The summed E-state index contributed by atoms with van der Waals surface area (Å²) in [6, 6.07) is 17.2. The number of hydrogen-bond acceptors (Lipinski definition) is 3. The minimum absolute atomic E-state index is 0.0117. The summed E-state index contributed by atoms with van der Waals surface area (Å²) in [5.41, 5.74) is 2.83. The molecule has 6 nitrogen and oxygen atoms in total. The standard InChI is InChI=1S/C25H25ClN4O2/c26-22-7-9-23(10-8-22)30-18-20(17-28-30)16-27-25(32)21-12-14-29(15-13-21)24(31)11-6-19-4-2-1-3-5-19/h1-11,17-18,21H,12-16H2,(H,27,32)/b11-6+. The number of carbonyl (C=O) groups excluding carboxylic acids is 2. The smallest absolute Gasteiger partial charge is 0.246 e. The van der Waals surface area contributed by atoms with Gasteiger partial charge in [-0.25, -0.2) is 4.68 Å². The van der Waals surface area contributed by atoms with Crippen molar-refractivity contribution in [3.8, 4) is 5.69 Å². The van der Waals surface area contributed by atoms with Gasteiger partial charge in [-0.05, 0) is 48.7 Å². The van der Waals surface area contributed by atoms with Crippen molar-refractivity contribution >= 4 is 29.5 Å². The number of carbonyl (C=O) groups is 2. The largest absolute Gasteiger partial charge is 0.352 e. The van der Waals surface area contributed by atoms with Gasteiger partial charge in [0.25, 0.3) is 0 Å². The first kappa shape index (κ1) is 21.8. The fourth-order valence-electron chi connectivity index (χ4n) is 3.72. The first-order valence-corrected chi connectivity index (χ1v) is 11.1. The summed E-state index contributed by atoms with van der Waals surface area (Å²) in [5.74, 6) is -0.0676. The van der Waals surface area contributed by atoms with Crippen molar-refractivity contribution in [2.75, 3.05) is 13.1 Å². The lowest BCUT2D eigenvalue weighted by molar-refractivity contribution is -0.132. The van der Waals surface area contributed by atoms with Crippen molar-refractivity contribution in [3.05, 3.63) is 89.2 Å². The lowest BCUT2D eigenvalue weighted by atomic mass is 9.95. The molecule has 4 rings (SSSR count). The van der Waals surface area contributed by atoms with Gasteiger partial charge in [0.15, 0.2) is 0 Å². The first-order chi connectivity index (χ1) is 15.6. The Labute approximate surface area is 192 Å². The minimum Gasteiger partial charge on any atom is -0.352 e. The SMILES string of the molecule is O=C(NCc1cnn(-c2ccc(Cl)cc2)c1)C1CCN(C(=O)/C=C/c2ccccc2)CC1. The Hall–Kier alpha value is -3.38. The monoisotopic (exact) mass is 448 g/mol. The highest BCUT2D eigenvalue weighted by atomic mass is 35.5. The summed E-state index contributed by atoms with van der Waals surface area (Å²) in [6.45, 7) is 1.60. The zero-order valence-corrected chi connectivity index (χ0v) is 18.4. The predicted molar refractivity (Wildman–Crippen MR) is 125 cm³/mol. The van der Waals surface area contributed by atoms with Gasteiger partial charge in [-0.1, -0.05) is 41.9 Å². The van der Waals surface area contributed by atoms with Gasteiger partial charge < -0.3 is 10.2 Å². The van der Waals surface area contributed by atoms with Crippen LogP contribution < -0.4 is 5.32 Å². The molecule has 32 heavy (non-hydrogen) atoms. The van der Waals surface area contributed by atoms with Crippen molar-refractivity contribution in [2.24, 2.45) is 5.92 Å². The van der Waals surface area contributed by atoms with E-state index in [-0.39, 0.29) is 17.7 Å². The van der Waals surface area contributed by atoms with Crippen LogP contribution in [0.3, 0.4) is 0 Å². The zero-order chi connectivity index (χ0) is 22.3. The van der Waals surface area contributed by atoms with Crippen LogP contribution in [0.15, 0.2) is 73.1 Å². The highest BCUT2D eigenvalue weighted by Gasteiger charge is 2.26. The van der Waals surface area contributed by atoms with Gasteiger partial charge in [0, 0.05) is 48.4 Å². The third kappa shape index (κ3) is 5.65. The number of halogens is 1. The van der Waals surface area contributed by atoms with Crippen LogP contribution in [0.4, 0.5) is 0 Å². The first-order valence-electron chi connectivity index (χ1n) is 10.7. The average molecular weight is 449 g/mol. The molecule has 1 aliphatic heterocycles. The zero-order valence-electron chi connectivity index (χ0n) is 17.7. The molecule has 2 heterocycles. The number of likely N-dealkylation sites (tertiary alicyclic amines) is 1. The Morgan fingerprint density at radius 2 is 1.78 bits per heavy atom. The van der Waals surface area contributed by atoms with E-state index in [0.717, 1.165) is 16.8 Å². The molecular weight excluding hydrogens is 424 g/mol. The summed E-state index contributed by atoms with van der Waals surface area (Å²) in [6.07, 6.45) is 8.40. The van der Waals surface area contributed by atoms with Gasteiger partial charge in [0.2, 0.25) is 11.8 Å². The third-order valence-electron chi connectivity index (χ3n) is 5.59. The van der Waals surface area contributed by atoms with Crippen LogP contribution in [-0.2, 0) is 16.1 Å². The van der Waals surface area contributed by atoms with Crippen LogP contribution in [-0.4, -0.2) is 39.6 Å². The van der Waals surface area contributed by atoms with Crippen LogP contribution in [0.2, 0.25) is 5.02 Å². The van der Waals surface area contributed by atoms with Gasteiger partial charge in [-0.2, -0.15) is 5.10 Å². The molecule has 0 radical (unpaired) electrons. The second kappa shape index (κ2) is 10.3. The van der Waals surface area contributed by atoms with Gasteiger partial charge in [0.1, 0.15) is 0 Å². The molecule has 0 unspecified atom stereocenters. The topological polar surface area (TPSA) is 67.2 Å². The number of nitrogens with zero attached hydrogens (tertiary/aromatic N) is 3. The molecule has 1 aliphatic rings. The lowest BCUT2D eigenvalue weighted by Gasteiger charge is -2.30.